The number of nitrogens with zero attached hydrogens (tertiary/aromatic N) is 2. The molecule has 0 radical (unpaired) electrons. The fourth-order valence-electron chi connectivity index (χ4n) is 2.67. The molecule has 0 spiro atoms. The van der Waals surface area contributed by atoms with Crippen LogP contribution in [0.25, 0.3) is 0 Å². The molecule has 0 bridgehead atoms. The lowest BCUT2D eigenvalue weighted by Crippen LogP contribution is -2.41. The summed E-state index contributed by atoms with van der Waals surface area (Å²) >= 11 is 0. The Morgan fingerprint density at radius 2 is 1.88 bits per heavy atom. The van der Waals surface area contributed by atoms with E-state index in [1.807, 2.05) is 38.1 Å². The summed E-state index contributed by atoms with van der Waals surface area (Å²) < 4.78 is 5.62. The molecule has 5 nitrogen and oxygen atoms in total. The minimum Gasteiger partial charge on any atom is -0.438 e. The van der Waals surface area contributed by atoms with Crippen LogP contribution in [-0.4, -0.2) is 27.7 Å². The van der Waals surface area contributed by atoms with Gasteiger partial charge < -0.3 is 15.2 Å². The van der Waals surface area contributed by atoms with Crippen LogP contribution in [0.2, 0.25) is 0 Å². The Morgan fingerprint density at radius 3 is 2.46 bits per heavy atom. The zero-order valence-electron chi connectivity index (χ0n) is 14.9. The fraction of sp³-hybridized carbons (Fsp3) is 0.474. The van der Waals surface area contributed by atoms with Gasteiger partial charge in [0.2, 0.25) is 5.88 Å². The number of aromatic nitrogens is 2. The quantitative estimate of drug-likeness (QED) is 0.777. The number of hydrogen-bond donors (Lipinski definition) is 2. The van der Waals surface area contributed by atoms with E-state index < -0.39 is 0 Å². The second kappa shape index (κ2) is 8.22. The standard InChI is InChI=1S/C19H27N3O2/c1-14(2)18(23)19(3,4)13-21-11-15-5-7-16(8-6-15)24-17-12-20-9-10-22-17/h5-10,12,14,18,21,23H,11,13H2,1-4H3. The van der Waals surface area contributed by atoms with E-state index in [4.69, 9.17) is 4.74 Å². The third-order valence-electron chi connectivity index (χ3n) is 4.03. The molecule has 2 N–H and O–H groups in total. The second-order valence-corrected chi connectivity index (χ2v) is 7.07. The van der Waals surface area contributed by atoms with Crippen LogP contribution in [0.5, 0.6) is 11.6 Å². The van der Waals surface area contributed by atoms with Gasteiger partial charge in [-0.1, -0.05) is 39.8 Å². The van der Waals surface area contributed by atoms with Gasteiger partial charge in [-0.05, 0) is 23.6 Å². The zero-order valence-corrected chi connectivity index (χ0v) is 14.9. The normalized spacial score (nSPS) is 13.1. The van der Waals surface area contributed by atoms with Gasteiger partial charge in [-0.25, -0.2) is 4.98 Å². The van der Waals surface area contributed by atoms with Gasteiger partial charge in [-0.2, -0.15) is 0 Å². The summed E-state index contributed by atoms with van der Waals surface area (Å²) in [5.74, 6) is 1.46. The van der Waals surface area contributed by atoms with E-state index in [9.17, 15) is 5.11 Å². The summed E-state index contributed by atoms with van der Waals surface area (Å²) in [6.07, 6.45) is 4.46. The van der Waals surface area contributed by atoms with Gasteiger partial charge in [0.25, 0.3) is 0 Å². The number of ether oxygens (including phenoxy) is 1. The van der Waals surface area contributed by atoms with Crippen molar-refractivity contribution in [3.8, 4) is 11.6 Å². The molecule has 1 unspecified atom stereocenters. The second-order valence-electron chi connectivity index (χ2n) is 7.07. The number of aliphatic hydroxyl groups is 1. The van der Waals surface area contributed by atoms with Crippen LogP contribution < -0.4 is 10.1 Å². The number of rotatable bonds is 8. The maximum Gasteiger partial charge on any atom is 0.237 e. The van der Waals surface area contributed by atoms with E-state index in [1.54, 1.807) is 18.6 Å². The maximum absolute atomic E-state index is 10.3. The van der Waals surface area contributed by atoms with Crippen LogP contribution in [-0.2, 0) is 6.54 Å². The summed E-state index contributed by atoms with van der Waals surface area (Å²) in [6.45, 7) is 9.76. The van der Waals surface area contributed by atoms with Crippen molar-refractivity contribution in [2.24, 2.45) is 11.3 Å². The van der Waals surface area contributed by atoms with Crippen molar-refractivity contribution in [1.29, 1.82) is 0 Å². The monoisotopic (exact) mass is 329 g/mol. The van der Waals surface area contributed by atoms with Crippen LogP contribution in [0.15, 0.2) is 42.9 Å². The highest BCUT2D eigenvalue weighted by Gasteiger charge is 2.29. The minimum absolute atomic E-state index is 0.163. The molecule has 0 saturated carbocycles. The van der Waals surface area contributed by atoms with E-state index >= 15 is 0 Å². The first-order valence-electron chi connectivity index (χ1n) is 8.30. The van der Waals surface area contributed by atoms with Gasteiger partial charge in [0.1, 0.15) is 5.75 Å². The number of hydrogen-bond acceptors (Lipinski definition) is 5. The van der Waals surface area contributed by atoms with Gasteiger partial charge in [-0.15, -0.1) is 0 Å². The molecule has 1 aromatic carbocycles. The molecular formula is C19H27N3O2. The van der Waals surface area contributed by atoms with Crippen molar-refractivity contribution in [3.05, 3.63) is 48.4 Å². The fourth-order valence-corrected chi connectivity index (χ4v) is 2.67. The molecule has 1 heterocycles. The first kappa shape index (κ1) is 18.4. The first-order valence-corrected chi connectivity index (χ1v) is 8.30. The van der Waals surface area contributed by atoms with E-state index in [1.165, 1.54) is 0 Å². The predicted octanol–water partition coefficient (Wildman–Crippen LogP) is 3.40. The third kappa shape index (κ3) is 5.28. The largest absolute Gasteiger partial charge is 0.438 e. The molecule has 0 aliphatic heterocycles. The lowest BCUT2D eigenvalue weighted by Gasteiger charge is -2.33. The molecule has 130 valence electrons. The summed E-state index contributed by atoms with van der Waals surface area (Å²) in [5.41, 5.74) is 1.000. The van der Waals surface area contributed by atoms with Gasteiger partial charge in [0.15, 0.2) is 0 Å². The van der Waals surface area contributed by atoms with Crippen molar-refractivity contribution in [1.82, 2.24) is 15.3 Å². The lowest BCUT2D eigenvalue weighted by molar-refractivity contribution is 0.0134. The Bertz CT molecular complexity index is 612. The Morgan fingerprint density at radius 1 is 1.17 bits per heavy atom. The number of aliphatic hydroxyl groups excluding tert-OH is 1. The van der Waals surface area contributed by atoms with Gasteiger partial charge in [0, 0.05) is 30.9 Å². The molecule has 2 rings (SSSR count). The lowest BCUT2D eigenvalue weighted by atomic mass is 9.80. The van der Waals surface area contributed by atoms with E-state index in [-0.39, 0.29) is 17.4 Å². The van der Waals surface area contributed by atoms with Crippen LogP contribution in [0, 0.1) is 11.3 Å². The van der Waals surface area contributed by atoms with Crippen LogP contribution in [0.3, 0.4) is 0 Å². The van der Waals surface area contributed by atoms with Gasteiger partial charge >= 0.3 is 0 Å². The Kier molecular flexibility index (Phi) is 6.29. The predicted molar refractivity (Wildman–Crippen MR) is 94.9 cm³/mol. The van der Waals surface area contributed by atoms with Crippen molar-refractivity contribution < 1.29 is 9.84 Å². The molecule has 0 fully saturated rings. The summed E-state index contributed by atoms with van der Waals surface area (Å²) in [4.78, 5) is 8.05. The molecule has 1 atom stereocenters. The highest BCUT2D eigenvalue weighted by molar-refractivity contribution is 5.29. The highest BCUT2D eigenvalue weighted by atomic mass is 16.5. The van der Waals surface area contributed by atoms with E-state index in [2.05, 4.69) is 29.1 Å². The molecule has 1 aromatic heterocycles. The molecule has 5 heteroatoms. The molecule has 0 amide bonds. The smallest absolute Gasteiger partial charge is 0.237 e. The highest BCUT2D eigenvalue weighted by Crippen LogP contribution is 2.25. The van der Waals surface area contributed by atoms with Gasteiger partial charge in [-0.3, -0.25) is 4.98 Å². The average molecular weight is 329 g/mol. The van der Waals surface area contributed by atoms with E-state index in [0.717, 1.165) is 24.4 Å². The Hall–Kier alpha value is -1.98. The Labute approximate surface area is 144 Å². The molecule has 24 heavy (non-hydrogen) atoms. The zero-order chi connectivity index (χ0) is 17.6. The molecule has 0 aliphatic rings. The molecule has 0 aliphatic carbocycles. The summed E-state index contributed by atoms with van der Waals surface area (Å²) in [6, 6.07) is 7.87. The molecular weight excluding hydrogens is 302 g/mol. The topological polar surface area (TPSA) is 67.3 Å². The molecule has 2 aromatic rings. The van der Waals surface area contributed by atoms with Crippen molar-refractivity contribution >= 4 is 0 Å². The maximum atomic E-state index is 10.3. The van der Waals surface area contributed by atoms with Gasteiger partial charge in [0.05, 0.1) is 12.3 Å². The number of benzene rings is 1. The van der Waals surface area contributed by atoms with Crippen molar-refractivity contribution in [2.75, 3.05) is 6.54 Å². The van der Waals surface area contributed by atoms with Crippen LogP contribution >= 0.6 is 0 Å². The van der Waals surface area contributed by atoms with Crippen LogP contribution in [0.1, 0.15) is 33.3 Å². The average Bonchev–Trinajstić information content (AvgIpc) is 2.56. The molecule has 0 saturated heterocycles. The van der Waals surface area contributed by atoms with Crippen molar-refractivity contribution in [2.45, 2.75) is 40.3 Å². The van der Waals surface area contributed by atoms with Crippen LogP contribution in [0.4, 0.5) is 0 Å². The summed E-state index contributed by atoms with van der Waals surface area (Å²) in [7, 11) is 0. The Balaban J connectivity index is 1.84. The first-order chi connectivity index (χ1) is 11.4. The summed E-state index contributed by atoms with van der Waals surface area (Å²) in [5, 5.41) is 13.7. The van der Waals surface area contributed by atoms with Crippen molar-refractivity contribution in [3.63, 3.8) is 0 Å². The number of nitrogens with one attached hydrogen (secondary N) is 1. The van der Waals surface area contributed by atoms with E-state index in [0.29, 0.717) is 5.88 Å². The third-order valence-corrected chi connectivity index (χ3v) is 4.03. The minimum atomic E-state index is -0.326. The SMILES string of the molecule is CC(C)C(O)C(C)(C)CNCc1ccc(Oc2cnccn2)cc1.